The molecule has 0 fully saturated rings. The van der Waals surface area contributed by atoms with Crippen molar-refractivity contribution in [1.29, 1.82) is 0 Å². The van der Waals surface area contributed by atoms with Crippen molar-refractivity contribution in [3.63, 3.8) is 0 Å². The highest BCUT2D eigenvalue weighted by molar-refractivity contribution is 5.79. The molecule has 0 unspecified atom stereocenters. The predicted molar refractivity (Wildman–Crippen MR) is 122 cm³/mol. The van der Waals surface area contributed by atoms with Gasteiger partial charge in [0.25, 0.3) is 0 Å². The molecule has 158 valence electrons. The van der Waals surface area contributed by atoms with Gasteiger partial charge in [0.15, 0.2) is 5.96 Å². The Balaban J connectivity index is 1.51. The highest BCUT2D eigenvalue weighted by atomic mass is 16.5. The summed E-state index contributed by atoms with van der Waals surface area (Å²) in [5, 5.41) is 3.36. The lowest BCUT2D eigenvalue weighted by molar-refractivity contribution is 0.281. The molecule has 0 saturated carbocycles. The molecule has 6 heteroatoms. The summed E-state index contributed by atoms with van der Waals surface area (Å²) in [6.07, 6.45) is 4.69. The summed E-state index contributed by atoms with van der Waals surface area (Å²) in [5.41, 5.74) is 1.27. The van der Waals surface area contributed by atoms with Crippen LogP contribution in [0.25, 0.3) is 0 Å². The zero-order valence-corrected chi connectivity index (χ0v) is 17.9. The third-order valence-corrected chi connectivity index (χ3v) is 4.73. The zero-order valence-electron chi connectivity index (χ0n) is 17.9. The molecular formula is C24H31N5O. The molecule has 2 aromatic carbocycles. The molecule has 1 N–H and O–H groups in total. The number of hydrogen-bond donors (Lipinski definition) is 1. The Morgan fingerprint density at radius 1 is 1.10 bits per heavy atom. The molecule has 0 amide bonds. The number of hydrogen-bond acceptors (Lipinski definition) is 3. The van der Waals surface area contributed by atoms with Gasteiger partial charge in [-0.1, -0.05) is 48.5 Å². The van der Waals surface area contributed by atoms with Gasteiger partial charge in [-0.3, -0.25) is 4.99 Å². The molecule has 6 nitrogen and oxygen atoms in total. The van der Waals surface area contributed by atoms with E-state index >= 15 is 0 Å². The summed E-state index contributed by atoms with van der Waals surface area (Å²) in [5.74, 6) is 2.82. The fourth-order valence-electron chi connectivity index (χ4n) is 3.15. The fourth-order valence-corrected chi connectivity index (χ4v) is 3.15. The van der Waals surface area contributed by atoms with Crippen molar-refractivity contribution in [2.45, 2.75) is 19.9 Å². The second-order valence-corrected chi connectivity index (χ2v) is 7.03. The highest BCUT2D eigenvalue weighted by Gasteiger charge is 2.07. The number of nitrogens with zero attached hydrogens (tertiary/aromatic N) is 4. The molecule has 0 bridgehead atoms. The van der Waals surface area contributed by atoms with Gasteiger partial charge in [0.2, 0.25) is 0 Å². The molecule has 0 radical (unpaired) electrons. The molecule has 3 aromatic rings. The fraction of sp³-hybridized carbons (Fsp3) is 0.333. The lowest BCUT2D eigenvalue weighted by atomic mass is 10.2. The lowest BCUT2D eigenvalue weighted by Gasteiger charge is -2.22. The van der Waals surface area contributed by atoms with Crippen LogP contribution in [0.2, 0.25) is 0 Å². The van der Waals surface area contributed by atoms with E-state index in [2.05, 4.69) is 51.0 Å². The first-order valence-corrected chi connectivity index (χ1v) is 10.5. The second-order valence-electron chi connectivity index (χ2n) is 7.03. The van der Waals surface area contributed by atoms with Crippen molar-refractivity contribution in [3.8, 4) is 5.75 Å². The Labute approximate surface area is 179 Å². The van der Waals surface area contributed by atoms with Crippen molar-refractivity contribution in [2.75, 3.05) is 33.3 Å². The van der Waals surface area contributed by atoms with Crippen molar-refractivity contribution < 1.29 is 4.74 Å². The molecule has 0 spiro atoms. The summed E-state index contributed by atoms with van der Waals surface area (Å²) < 4.78 is 7.99. The normalized spacial score (nSPS) is 11.3. The Morgan fingerprint density at radius 3 is 2.57 bits per heavy atom. The molecule has 0 aliphatic carbocycles. The number of guanidine groups is 1. The Hall–Kier alpha value is -3.28. The second kappa shape index (κ2) is 11.7. The summed E-state index contributed by atoms with van der Waals surface area (Å²) in [4.78, 5) is 11.4. The maximum absolute atomic E-state index is 5.80. The third kappa shape index (κ3) is 6.65. The number of likely N-dealkylation sites (N-methyl/N-ethyl adjacent to an activating group) is 1. The lowest BCUT2D eigenvalue weighted by Crippen LogP contribution is -2.41. The van der Waals surface area contributed by atoms with Gasteiger partial charge in [-0.2, -0.15) is 0 Å². The number of para-hydroxylation sites is 1. The number of rotatable bonds is 10. The molecule has 0 aliphatic heterocycles. The zero-order chi connectivity index (χ0) is 21.0. The first kappa shape index (κ1) is 21.4. The number of imidazole rings is 1. The monoisotopic (exact) mass is 405 g/mol. The van der Waals surface area contributed by atoms with E-state index in [1.54, 1.807) is 0 Å². The van der Waals surface area contributed by atoms with Crippen LogP contribution in [-0.2, 0) is 13.0 Å². The van der Waals surface area contributed by atoms with Crippen LogP contribution >= 0.6 is 0 Å². The first-order valence-electron chi connectivity index (χ1n) is 10.5. The van der Waals surface area contributed by atoms with Crippen molar-refractivity contribution in [1.82, 2.24) is 19.8 Å². The van der Waals surface area contributed by atoms with Gasteiger partial charge in [0, 0.05) is 45.5 Å². The van der Waals surface area contributed by atoms with E-state index in [9.17, 15) is 0 Å². The molecule has 3 rings (SSSR count). The van der Waals surface area contributed by atoms with Gasteiger partial charge in [-0.15, -0.1) is 0 Å². The van der Waals surface area contributed by atoms with Crippen LogP contribution in [0.4, 0.5) is 0 Å². The Bertz CT molecular complexity index is 892. The summed E-state index contributed by atoms with van der Waals surface area (Å²) in [6.45, 7) is 5.77. The van der Waals surface area contributed by atoms with Crippen molar-refractivity contribution in [2.24, 2.45) is 4.99 Å². The van der Waals surface area contributed by atoms with E-state index in [0.717, 1.165) is 43.6 Å². The minimum absolute atomic E-state index is 0.604. The number of nitrogens with one attached hydrogen (secondary N) is 1. The summed E-state index contributed by atoms with van der Waals surface area (Å²) >= 11 is 0. The summed E-state index contributed by atoms with van der Waals surface area (Å²) in [6, 6.07) is 20.3. The van der Waals surface area contributed by atoms with Gasteiger partial charge >= 0.3 is 0 Å². The van der Waals surface area contributed by atoms with Gasteiger partial charge in [0.1, 0.15) is 18.2 Å². The van der Waals surface area contributed by atoms with Crippen LogP contribution in [0.15, 0.2) is 78.0 Å². The highest BCUT2D eigenvalue weighted by Crippen LogP contribution is 2.08. The molecule has 1 aromatic heterocycles. The molecule has 0 atom stereocenters. The van der Waals surface area contributed by atoms with Crippen LogP contribution in [0, 0.1) is 0 Å². The van der Waals surface area contributed by atoms with Gasteiger partial charge in [-0.05, 0) is 24.6 Å². The predicted octanol–water partition coefficient (Wildman–Crippen LogP) is 3.45. The molecule has 0 saturated heterocycles. The average Bonchev–Trinajstić information content (AvgIpc) is 3.21. The Morgan fingerprint density at radius 2 is 1.83 bits per heavy atom. The van der Waals surface area contributed by atoms with Crippen LogP contribution in [0.3, 0.4) is 0 Å². The van der Waals surface area contributed by atoms with Crippen LogP contribution in [0.1, 0.15) is 18.3 Å². The summed E-state index contributed by atoms with van der Waals surface area (Å²) in [7, 11) is 2.03. The topological polar surface area (TPSA) is 54.7 Å². The van der Waals surface area contributed by atoms with E-state index in [-0.39, 0.29) is 0 Å². The number of benzene rings is 2. The number of aliphatic imine (C=N–C) groups is 1. The van der Waals surface area contributed by atoms with E-state index in [1.165, 1.54) is 5.56 Å². The molecular weight excluding hydrogens is 374 g/mol. The Kier molecular flexibility index (Phi) is 8.33. The molecule has 1 heterocycles. The van der Waals surface area contributed by atoms with Crippen molar-refractivity contribution in [3.05, 3.63) is 84.4 Å². The van der Waals surface area contributed by atoms with Crippen molar-refractivity contribution >= 4 is 5.96 Å². The van der Waals surface area contributed by atoms with Crippen LogP contribution in [0.5, 0.6) is 5.75 Å². The molecule has 0 aliphatic rings. The maximum Gasteiger partial charge on any atom is 0.193 e. The third-order valence-electron chi connectivity index (χ3n) is 4.73. The van der Waals surface area contributed by atoms with E-state index < -0.39 is 0 Å². The van der Waals surface area contributed by atoms with Crippen LogP contribution in [-0.4, -0.2) is 53.7 Å². The average molecular weight is 406 g/mol. The number of aromatic nitrogens is 2. The van der Waals surface area contributed by atoms with Crippen LogP contribution < -0.4 is 10.1 Å². The SMILES string of the molecule is CCNC(=NCCc1nccn1Cc1ccccc1)N(C)CCOc1ccccc1. The quantitative estimate of drug-likeness (QED) is 0.415. The van der Waals surface area contributed by atoms with Gasteiger partial charge in [-0.25, -0.2) is 4.98 Å². The minimum atomic E-state index is 0.604. The standard InChI is InChI=1S/C24H31N5O/c1-3-25-24(28(2)18-19-30-22-12-8-5-9-13-22)27-15-14-23-26-16-17-29(23)20-21-10-6-4-7-11-21/h4-13,16-17H,3,14-15,18-20H2,1-2H3,(H,25,27). The minimum Gasteiger partial charge on any atom is -0.492 e. The van der Waals surface area contributed by atoms with E-state index in [0.29, 0.717) is 13.2 Å². The first-order chi connectivity index (χ1) is 14.8. The van der Waals surface area contributed by atoms with Gasteiger partial charge < -0.3 is 19.5 Å². The smallest absolute Gasteiger partial charge is 0.193 e. The number of ether oxygens (including phenoxy) is 1. The largest absolute Gasteiger partial charge is 0.492 e. The van der Waals surface area contributed by atoms with E-state index in [4.69, 9.17) is 9.73 Å². The molecule has 30 heavy (non-hydrogen) atoms. The van der Waals surface area contributed by atoms with Gasteiger partial charge in [0.05, 0.1) is 6.54 Å². The van der Waals surface area contributed by atoms with E-state index in [1.807, 2.05) is 55.8 Å². The maximum atomic E-state index is 5.80.